The molecule has 0 aliphatic heterocycles. The molecule has 0 aliphatic rings. The predicted molar refractivity (Wildman–Crippen MR) is 69.3 cm³/mol. The minimum Gasteiger partial charge on any atom is -0.467 e. The van der Waals surface area contributed by atoms with Gasteiger partial charge < -0.3 is 4.74 Å². The van der Waals surface area contributed by atoms with E-state index in [9.17, 15) is 0 Å². The molecule has 0 atom stereocenters. The first kappa shape index (κ1) is 10.7. The van der Waals surface area contributed by atoms with Crippen molar-refractivity contribution in [1.29, 1.82) is 0 Å². The number of rotatable bonds is 2. The van der Waals surface area contributed by atoms with Crippen LogP contribution in [0.2, 0.25) is 0 Å². The molecule has 0 unspecified atom stereocenters. The van der Waals surface area contributed by atoms with E-state index >= 15 is 0 Å². The topological polar surface area (TPSA) is 47.9 Å². The number of pyridine rings is 1. The molecule has 0 saturated heterocycles. The number of nitrogens with zero attached hydrogens (tertiary/aromatic N) is 3. The maximum absolute atomic E-state index is 5.15. The van der Waals surface area contributed by atoms with Gasteiger partial charge in [-0.1, -0.05) is 18.2 Å². The molecule has 0 saturated carbocycles. The van der Waals surface area contributed by atoms with Crippen molar-refractivity contribution in [3.63, 3.8) is 0 Å². The molecule has 0 amide bonds. The second-order valence-electron chi connectivity index (χ2n) is 3.81. The fraction of sp³-hybridized carbons (Fsp3) is 0.0714. The van der Waals surface area contributed by atoms with E-state index in [-0.39, 0.29) is 0 Å². The van der Waals surface area contributed by atoms with Crippen molar-refractivity contribution >= 4 is 10.9 Å². The average molecular weight is 237 g/mol. The van der Waals surface area contributed by atoms with Gasteiger partial charge in [-0.25, -0.2) is 0 Å². The Hall–Kier alpha value is -2.49. The van der Waals surface area contributed by atoms with Crippen LogP contribution in [0.3, 0.4) is 0 Å². The van der Waals surface area contributed by atoms with Crippen molar-refractivity contribution in [3.05, 3.63) is 48.8 Å². The maximum atomic E-state index is 5.15. The van der Waals surface area contributed by atoms with Gasteiger partial charge in [0.1, 0.15) is 0 Å². The van der Waals surface area contributed by atoms with E-state index in [1.165, 1.54) is 0 Å². The molecule has 0 N–H and O–H groups in total. The molecule has 0 aliphatic carbocycles. The Morgan fingerprint density at radius 2 is 1.72 bits per heavy atom. The first-order chi connectivity index (χ1) is 8.88. The summed E-state index contributed by atoms with van der Waals surface area (Å²) in [5.74, 6) is 0. The van der Waals surface area contributed by atoms with Crippen molar-refractivity contribution in [2.24, 2.45) is 0 Å². The van der Waals surface area contributed by atoms with Crippen LogP contribution in [0.5, 0.6) is 6.01 Å². The van der Waals surface area contributed by atoms with Gasteiger partial charge in [0.2, 0.25) is 0 Å². The average Bonchev–Trinajstić information content (AvgIpc) is 2.47. The van der Waals surface area contributed by atoms with Crippen molar-refractivity contribution in [3.8, 4) is 17.3 Å². The largest absolute Gasteiger partial charge is 0.467 e. The quantitative estimate of drug-likeness (QED) is 0.687. The van der Waals surface area contributed by atoms with Crippen molar-refractivity contribution < 1.29 is 4.74 Å². The minimum absolute atomic E-state index is 0.375. The zero-order valence-corrected chi connectivity index (χ0v) is 9.87. The predicted octanol–water partition coefficient (Wildman–Crippen LogP) is 2.70. The van der Waals surface area contributed by atoms with Crippen LogP contribution in [0.1, 0.15) is 0 Å². The van der Waals surface area contributed by atoms with Gasteiger partial charge in [-0.3, -0.25) is 4.98 Å². The molecule has 0 radical (unpaired) electrons. The highest BCUT2D eigenvalue weighted by molar-refractivity contribution is 5.92. The highest BCUT2D eigenvalue weighted by atomic mass is 16.5. The van der Waals surface area contributed by atoms with Gasteiger partial charge in [-0.2, -0.15) is 9.97 Å². The summed E-state index contributed by atoms with van der Waals surface area (Å²) >= 11 is 0. The van der Waals surface area contributed by atoms with Crippen molar-refractivity contribution in [2.45, 2.75) is 0 Å². The summed E-state index contributed by atoms with van der Waals surface area (Å²) in [5, 5.41) is 1.00. The van der Waals surface area contributed by atoms with E-state index in [0.29, 0.717) is 6.01 Å². The van der Waals surface area contributed by atoms with E-state index in [1.54, 1.807) is 19.5 Å². The monoisotopic (exact) mass is 237 g/mol. The van der Waals surface area contributed by atoms with Crippen LogP contribution in [0.15, 0.2) is 48.8 Å². The number of ether oxygens (including phenoxy) is 1. The molecule has 2 heterocycles. The van der Waals surface area contributed by atoms with Crippen LogP contribution in [0.4, 0.5) is 0 Å². The minimum atomic E-state index is 0.375. The zero-order chi connectivity index (χ0) is 12.4. The summed E-state index contributed by atoms with van der Waals surface area (Å²) in [5.41, 5.74) is 2.73. The van der Waals surface area contributed by atoms with Crippen LogP contribution >= 0.6 is 0 Å². The van der Waals surface area contributed by atoms with Crippen LogP contribution < -0.4 is 4.74 Å². The maximum Gasteiger partial charge on any atom is 0.317 e. The number of para-hydroxylation sites is 1. The number of hydrogen-bond acceptors (Lipinski definition) is 4. The Balaban J connectivity index is 2.33. The van der Waals surface area contributed by atoms with Crippen LogP contribution in [0, 0.1) is 0 Å². The molecule has 0 bridgehead atoms. The lowest BCUT2D eigenvalue weighted by Crippen LogP contribution is -1.95. The molecule has 3 rings (SSSR count). The summed E-state index contributed by atoms with van der Waals surface area (Å²) in [6.45, 7) is 0. The Kier molecular flexibility index (Phi) is 2.61. The molecule has 4 nitrogen and oxygen atoms in total. The Morgan fingerprint density at radius 3 is 2.50 bits per heavy atom. The summed E-state index contributed by atoms with van der Waals surface area (Å²) in [4.78, 5) is 12.8. The molecule has 88 valence electrons. The lowest BCUT2D eigenvalue weighted by Gasteiger charge is -2.07. The third-order valence-corrected chi connectivity index (χ3v) is 2.72. The number of aromatic nitrogens is 3. The van der Waals surface area contributed by atoms with Gasteiger partial charge in [-0.15, -0.1) is 0 Å². The number of benzene rings is 1. The van der Waals surface area contributed by atoms with Gasteiger partial charge in [-0.05, 0) is 18.2 Å². The van der Waals surface area contributed by atoms with E-state index < -0.39 is 0 Å². The first-order valence-electron chi connectivity index (χ1n) is 5.59. The second kappa shape index (κ2) is 4.41. The zero-order valence-electron chi connectivity index (χ0n) is 9.87. The summed E-state index contributed by atoms with van der Waals surface area (Å²) in [6.07, 6.45) is 3.50. The smallest absolute Gasteiger partial charge is 0.317 e. The Bertz CT molecular complexity index is 683. The van der Waals surface area contributed by atoms with Crippen molar-refractivity contribution in [1.82, 2.24) is 15.0 Å². The van der Waals surface area contributed by atoms with Crippen LogP contribution in [0.25, 0.3) is 22.2 Å². The number of methoxy groups -OCH3 is 1. The van der Waals surface area contributed by atoms with Gasteiger partial charge in [0, 0.05) is 23.3 Å². The summed E-state index contributed by atoms with van der Waals surface area (Å²) in [7, 11) is 1.57. The third kappa shape index (κ3) is 1.78. The number of hydrogen-bond donors (Lipinski definition) is 0. The van der Waals surface area contributed by atoms with Gasteiger partial charge >= 0.3 is 6.01 Å². The van der Waals surface area contributed by atoms with Crippen LogP contribution in [-0.2, 0) is 0 Å². The van der Waals surface area contributed by atoms with Crippen molar-refractivity contribution in [2.75, 3.05) is 7.11 Å². The molecular weight excluding hydrogens is 226 g/mol. The molecule has 4 heteroatoms. The van der Waals surface area contributed by atoms with E-state index in [2.05, 4.69) is 15.0 Å². The lowest BCUT2D eigenvalue weighted by molar-refractivity contribution is 0.382. The SMILES string of the molecule is COc1nc(-c2ccncc2)c2ccccc2n1. The normalized spacial score (nSPS) is 10.5. The first-order valence-corrected chi connectivity index (χ1v) is 5.59. The summed E-state index contributed by atoms with van der Waals surface area (Å²) < 4.78 is 5.15. The molecule has 3 aromatic rings. The number of fused-ring (bicyclic) bond motifs is 1. The molecule has 1 aromatic carbocycles. The van der Waals surface area contributed by atoms with Gasteiger partial charge in [0.25, 0.3) is 0 Å². The fourth-order valence-corrected chi connectivity index (χ4v) is 1.88. The van der Waals surface area contributed by atoms with Crippen LogP contribution in [-0.4, -0.2) is 22.1 Å². The van der Waals surface area contributed by atoms with E-state index in [1.807, 2.05) is 36.4 Å². The molecule has 18 heavy (non-hydrogen) atoms. The lowest BCUT2D eigenvalue weighted by atomic mass is 10.1. The highest BCUT2D eigenvalue weighted by Gasteiger charge is 2.09. The van der Waals surface area contributed by atoms with E-state index in [4.69, 9.17) is 4.74 Å². The molecule has 0 fully saturated rings. The highest BCUT2D eigenvalue weighted by Crippen LogP contribution is 2.27. The molecule has 2 aromatic heterocycles. The molecular formula is C14H11N3O. The Morgan fingerprint density at radius 1 is 0.944 bits per heavy atom. The van der Waals surface area contributed by atoms with E-state index in [0.717, 1.165) is 22.2 Å². The third-order valence-electron chi connectivity index (χ3n) is 2.72. The van der Waals surface area contributed by atoms with Gasteiger partial charge in [0.05, 0.1) is 18.3 Å². The van der Waals surface area contributed by atoms with Gasteiger partial charge in [0.15, 0.2) is 0 Å². The fourth-order valence-electron chi connectivity index (χ4n) is 1.88. The Labute approximate surface area is 104 Å². The standard InChI is InChI=1S/C14H11N3O/c1-18-14-16-12-5-3-2-4-11(12)13(17-14)10-6-8-15-9-7-10/h2-9H,1H3. The molecule has 0 spiro atoms. The second-order valence-corrected chi connectivity index (χ2v) is 3.81. The summed E-state index contributed by atoms with van der Waals surface area (Å²) in [6, 6.07) is 12.1.